The molecule has 2 N–H and O–H groups in total. The van der Waals surface area contributed by atoms with Crippen LogP contribution in [0.1, 0.15) is 46.0 Å². The summed E-state index contributed by atoms with van der Waals surface area (Å²) in [7, 11) is 1.78. The molecule has 0 spiro atoms. The fourth-order valence-electron chi connectivity index (χ4n) is 4.24. The summed E-state index contributed by atoms with van der Waals surface area (Å²) < 4.78 is 65.3. The van der Waals surface area contributed by atoms with Crippen molar-refractivity contribution in [1.82, 2.24) is 10.6 Å². The number of Topliss-reactive ketones (excluding diaryl/α,β-unsaturated/α-hetero) is 2. The molecule has 17 nitrogen and oxygen atoms in total. The zero-order chi connectivity index (χ0) is 39.4. The minimum atomic E-state index is -0.109. The van der Waals surface area contributed by atoms with Crippen molar-refractivity contribution < 1.29 is 71.2 Å². The first-order chi connectivity index (χ1) is 26.5. The van der Waals surface area contributed by atoms with Crippen LogP contribution in [0.15, 0.2) is 0 Å². The number of hydrogen-bond acceptors (Lipinski definition) is 16. The van der Waals surface area contributed by atoms with Gasteiger partial charge in [-0.25, -0.2) is 0 Å². The van der Waals surface area contributed by atoms with Gasteiger partial charge in [-0.2, -0.15) is 0 Å². The maximum atomic E-state index is 11.9. The second-order valence-corrected chi connectivity index (χ2v) is 11.8. The van der Waals surface area contributed by atoms with Crippen LogP contribution in [0, 0.1) is 0 Å². The Labute approximate surface area is 323 Å². The summed E-state index contributed by atoms with van der Waals surface area (Å²) in [5, 5.41) is 5.87. The molecule has 0 radical (unpaired) electrons. The number of rotatable bonds is 46. The molecule has 0 aliphatic heterocycles. The molecule has 320 valence electrons. The van der Waals surface area contributed by atoms with Gasteiger partial charge in [0.05, 0.1) is 165 Å². The molecule has 54 heavy (non-hydrogen) atoms. The van der Waals surface area contributed by atoms with E-state index in [4.69, 9.17) is 56.8 Å². The smallest absolute Gasteiger partial charge is 0.222 e. The minimum Gasteiger partial charge on any atom is -0.379 e. The highest BCUT2D eigenvalue weighted by molar-refractivity contribution is 5.81. The Morgan fingerprint density at radius 2 is 0.685 bits per heavy atom. The van der Waals surface area contributed by atoms with Crippen LogP contribution in [0.25, 0.3) is 0 Å². The highest BCUT2D eigenvalue weighted by Crippen LogP contribution is 2.01. The normalized spacial score (nSPS) is 12.0. The van der Waals surface area contributed by atoms with E-state index in [1.54, 1.807) is 20.9 Å². The van der Waals surface area contributed by atoms with E-state index in [0.717, 1.165) is 19.3 Å². The first-order valence-electron chi connectivity index (χ1n) is 19.3. The van der Waals surface area contributed by atoms with Gasteiger partial charge in [0.1, 0.15) is 11.6 Å². The number of unbranched alkanes of at least 4 members (excludes halogenated alkanes) is 1. The molecule has 0 bridgehead atoms. The lowest BCUT2D eigenvalue weighted by Gasteiger charge is -2.12. The van der Waals surface area contributed by atoms with Crippen LogP contribution in [-0.4, -0.2) is 196 Å². The number of ketones is 2. The van der Waals surface area contributed by atoms with E-state index in [1.165, 1.54) is 0 Å². The number of ether oxygens (including phenoxy) is 12. The van der Waals surface area contributed by atoms with Crippen molar-refractivity contribution in [3.05, 3.63) is 0 Å². The van der Waals surface area contributed by atoms with Gasteiger partial charge in [-0.05, 0) is 40.2 Å². The Morgan fingerprint density at radius 1 is 0.407 bits per heavy atom. The maximum absolute atomic E-state index is 11.9. The molecular formula is C37H72N2O15. The number of nitrogens with one attached hydrogen (secondary N) is 2. The quantitative estimate of drug-likeness (QED) is 0.0833. The zero-order valence-corrected chi connectivity index (χ0v) is 33.4. The van der Waals surface area contributed by atoms with Crippen LogP contribution in [0.5, 0.6) is 0 Å². The number of amides is 1. The van der Waals surface area contributed by atoms with E-state index < -0.39 is 0 Å². The van der Waals surface area contributed by atoms with E-state index in [0.29, 0.717) is 178 Å². The highest BCUT2D eigenvalue weighted by Gasteiger charge is 2.10. The van der Waals surface area contributed by atoms with Gasteiger partial charge in [-0.1, -0.05) is 0 Å². The fraction of sp³-hybridized carbons (Fsp3) is 0.919. The first-order valence-corrected chi connectivity index (χ1v) is 19.3. The van der Waals surface area contributed by atoms with Crippen LogP contribution in [0.4, 0.5) is 0 Å². The van der Waals surface area contributed by atoms with Crippen LogP contribution >= 0.6 is 0 Å². The lowest BCUT2D eigenvalue weighted by molar-refractivity contribution is -0.122. The Balaban J connectivity index is 3.15. The topological polar surface area (TPSA) is 186 Å². The third-order valence-electron chi connectivity index (χ3n) is 7.24. The predicted octanol–water partition coefficient (Wildman–Crippen LogP) is 1.02. The minimum absolute atomic E-state index is 0.0413. The third kappa shape index (κ3) is 43.0. The molecule has 0 rings (SSSR count). The zero-order valence-electron chi connectivity index (χ0n) is 33.4. The lowest BCUT2D eigenvalue weighted by atomic mass is 10.1. The maximum Gasteiger partial charge on any atom is 0.222 e. The molecule has 0 aromatic rings. The molecule has 0 aromatic carbocycles. The molecule has 0 saturated heterocycles. The van der Waals surface area contributed by atoms with Crippen molar-refractivity contribution in [3.63, 3.8) is 0 Å². The standard InChI is InChI=1S/C37H72N2O15/c1-34(40)7-10-43-12-14-45-16-18-47-20-22-49-24-26-51-28-30-53-32-33-54-31-29-52-27-25-50-23-21-48-19-17-46-15-13-44-11-8-37(42)39-9-5-4-6-36(38-3)35(2)41/h36,38H,4-33H2,1-3H3,(H,39,42). The number of carbonyl (C=O) groups excluding carboxylic acids is 3. The van der Waals surface area contributed by atoms with Crippen LogP contribution in [-0.2, 0) is 71.2 Å². The van der Waals surface area contributed by atoms with Crippen molar-refractivity contribution in [2.45, 2.75) is 52.0 Å². The van der Waals surface area contributed by atoms with E-state index in [9.17, 15) is 14.4 Å². The number of carbonyl (C=O) groups is 3. The van der Waals surface area contributed by atoms with Gasteiger partial charge < -0.3 is 67.5 Å². The molecule has 0 aromatic heterocycles. The van der Waals surface area contributed by atoms with Crippen molar-refractivity contribution in [1.29, 1.82) is 0 Å². The van der Waals surface area contributed by atoms with Gasteiger partial charge in [0.15, 0.2) is 0 Å². The molecular weight excluding hydrogens is 712 g/mol. The summed E-state index contributed by atoms with van der Waals surface area (Å²) in [4.78, 5) is 34.0. The molecule has 1 amide bonds. The van der Waals surface area contributed by atoms with Crippen LogP contribution < -0.4 is 10.6 Å². The third-order valence-corrected chi connectivity index (χ3v) is 7.24. The summed E-state index contributed by atoms with van der Waals surface area (Å²) in [5.41, 5.74) is 0. The van der Waals surface area contributed by atoms with E-state index in [1.807, 2.05) is 0 Å². The second-order valence-electron chi connectivity index (χ2n) is 11.8. The van der Waals surface area contributed by atoms with Crippen LogP contribution in [0.2, 0.25) is 0 Å². The summed E-state index contributed by atoms with van der Waals surface area (Å²) in [6.07, 6.45) is 3.23. The van der Waals surface area contributed by atoms with E-state index >= 15 is 0 Å². The number of hydrogen-bond donors (Lipinski definition) is 2. The van der Waals surface area contributed by atoms with Gasteiger partial charge in [0.25, 0.3) is 0 Å². The van der Waals surface area contributed by atoms with Gasteiger partial charge in [-0.3, -0.25) is 14.4 Å². The van der Waals surface area contributed by atoms with E-state index in [-0.39, 0.29) is 23.5 Å². The summed E-state index contributed by atoms with van der Waals surface area (Å²) in [6, 6.07) is -0.109. The van der Waals surface area contributed by atoms with Gasteiger partial charge in [0.2, 0.25) is 5.91 Å². The molecule has 0 saturated carbocycles. The SMILES string of the molecule is CNC(CCCCNC(=O)CCOCCOCCOCCOCCOCCOCCOCCOCCOCCOCCOCCOCCC(C)=O)C(C)=O. The fourth-order valence-corrected chi connectivity index (χ4v) is 4.24. The highest BCUT2D eigenvalue weighted by atomic mass is 16.6. The Bertz CT molecular complexity index is 828. The molecule has 0 heterocycles. The molecule has 0 aliphatic rings. The monoisotopic (exact) mass is 784 g/mol. The summed E-state index contributed by atoms with van der Waals surface area (Å²) >= 11 is 0. The Kier molecular flexibility index (Phi) is 42.6. The van der Waals surface area contributed by atoms with Crippen LogP contribution in [0.3, 0.4) is 0 Å². The molecule has 0 aliphatic carbocycles. The molecule has 17 heteroatoms. The average Bonchev–Trinajstić information content (AvgIpc) is 3.15. The van der Waals surface area contributed by atoms with Gasteiger partial charge in [0, 0.05) is 19.4 Å². The van der Waals surface area contributed by atoms with Gasteiger partial charge >= 0.3 is 0 Å². The Hall–Kier alpha value is -1.71. The van der Waals surface area contributed by atoms with Crippen molar-refractivity contribution in [2.24, 2.45) is 0 Å². The summed E-state index contributed by atoms with van der Waals surface area (Å²) in [5.74, 6) is 0.216. The van der Waals surface area contributed by atoms with E-state index in [2.05, 4.69) is 10.6 Å². The molecule has 0 fully saturated rings. The Morgan fingerprint density at radius 3 is 0.944 bits per heavy atom. The van der Waals surface area contributed by atoms with Gasteiger partial charge in [-0.15, -0.1) is 0 Å². The first kappa shape index (κ1) is 52.3. The predicted molar refractivity (Wildman–Crippen MR) is 200 cm³/mol. The summed E-state index contributed by atoms with van der Waals surface area (Å²) in [6.45, 7) is 15.0. The average molecular weight is 785 g/mol. The molecule has 1 unspecified atom stereocenters. The van der Waals surface area contributed by atoms with Crippen molar-refractivity contribution >= 4 is 17.5 Å². The largest absolute Gasteiger partial charge is 0.379 e. The second kappa shape index (κ2) is 44.0. The number of likely N-dealkylation sites (N-methyl/N-ethyl adjacent to an activating group) is 1. The molecule has 1 atom stereocenters. The lowest BCUT2D eigenvalue weighted by Crippen LogP contribution is -2.32. The van der Waals surface area contributed by atoms with Crippen molar-refractivity contribution in [2.75, 3.05) is 172 Å². The van der Waals surface area contributed by atoms with Crippen molar-refractivity contribution in [3.8, 4) is 0 Å².